The Labute approximate surface area is 239 Å². The van der Waals surface area contributed by atoms with Crippen molar-refractivity contribution >= 4 is 50.1 Å². The van der Waals surface area contributed by atoms with Gasteiger partial charge in [0.05, 0.1) is 22.4 Å². The molecule has 0 radical (unpaired) electrons. The van der Waals surface area contributed by atoms with E-state index in [1.807, 2.05) is 6.92 Å². The van der Waals surface area contributed by atoms with E-state index in [0.29, 0.717) is 30.7 Å². The van der Waals surface area contributed by atoms with E-state index in [0.717, 1.165) is 28.1 Å². The van der Waals surface area contributed by atoms with Gasteiger partial charge in [0.15, 0.2) is 5.65 Å². The molecule has 216 valence electrons. The number of nitrogens with one attached hydrogen (secondary N) is 2. The van der Waals surface area contributed by atoms with Gasteiger partial charge in [-0.25, -0.2) is 22.4 Å². The first kappa shape index (κ1) is 28.7. The first-order valence-corrected chi connectivity index (χ1v) is 14.5. The Balaban J connectivity index is 1.27. The molecule has 1 amide bonds. The van der Waals surface area contributed by atoms with Crippen molar-refractivity contribution in [2.75, 3.05) is 30.3 Å². The summed E-state index contributed by atoms with van der Waals surface area (Å²) in [5.74, 6) is 0.150. The largest absolute Gasteiger partial charge is 0.416 e. The number of carbonyl (C=O) groups excluding carboxylic acids is 1. The van der Waals surface area contributed by atoms with E-state index in [1.54, 1.807) is 35.2 Å². The number of fused-ring (bicyclic) bond motifs is 1. The van der Waals surface area contributed by atoms with Gasteiger partial charge < -0.3 is 15.5 Å². The van der Waals surface area contributed by atoms with Crippen molar-refractivity contribution < 1.29 is 26.4 Å². The number of carbonyl (C=O) groups is 1. The van der Waals surface area contributed by atoms with Crippen LogP contribution in [-0.4, -0.2) is 58.8 Å². The number of nitrogens with zero attached hydrogens (tertiary/aromatic N) is 4. The molecule has 0 saturated carbocycles. The van der Waals surface area contributed by atoms with Crippen molar-refractivity contribution in [3.8, 4) is 0 Å². The maximum atomic E-state index is 13.3. The molecule has 0 bridgehead atoms. The molecule has 5 rings (SSSR count). The summed E-state index contributed by atoms with van der Waals surface area (Å²) < 4.78 is 66.9. The van der Waals surface area contributed by atoms with Gasteiger partial charge in [-0.3, -0.25) is 4.79 Å². The minimum atomic E-state index is -4.56. The molecular weight excluding hydrogens is 581 g/mol. The summed E-state index contributed by atoms with van der Waals surface area (Å²) in [6, 6.07) is 11.0. The number of hydrogen-bond acceptors (Lipinski definition) is 7. The van der Waals surface area contributed by atoms with Crippen LogP contribution in [0.2, 0.25) is 5.02 Å². The van der Waals surface area contributed by atoms with Crippen molar-refractivity contribution in [2.24, 2.45) is 0 Å². The topological polar surface area (TPSA) is 109 Å². The summed E-state index contributed by atoms with van der Waals surface area (Å²) in [7, 11) is -3.88. The molecule has 41 heavy (non-hydrogen) atoms. The van der Waals surface area contributed by atoms with E-state index in [2.05, 4.69) is 20.6 Å². The molecule has 14 heteroatoms. The zero-order valence-corrected chi connectivity index (χ0v) is 23.4. The second-order valence-electron chi connectivity index (χ2n) is 9.79. The second kappa shape index (κ2) is 11.2. The van der Waals surface area contributed by atoms with Gasteiger partial charge in [0.1, 0.15) is 12.1 Å². The van der Waals surface area contributed by atoms with Crippen molar-refractivity contribution in [3.63, 3.8) is 0 Å². The SMILES string of the molecule is Cc1ccc(S(=O)(=O)n2ccc3c(NC4CCCN(C(=O)CNc5cc(Cl)cc(C(F)(F)F)c5)C4)ncnc32)cc1. The lowest BCUT2D eigenvalue weighted by molar-refractivity contribution is -0.137. The summed E-state index contributed by atoms with van der Waals surface area (Å²) in [6.45, 7) is 2.49. The van der Waals surface area contributed by atoms with E-state index in [-0.39, 0.29) is 39.7 Å². The Bertz CT molecular complexity index is 1690. The molecule has 9 nitrogen and oxygen atoms in total. The maximum Gasteiger partial charge on any atom is 0.416 e. The van der Waals surface area contributed by atoms with Gasteiger partial charge in [0, 0.05) is 36.0 Å². The fraction of sp³-hybridized carbons (Fsp3) is 0.296. The van der Waals surface area contributed by atoms with Crippen molar-refractivity contribution in [1.82, 2.24) is 18.8 Å². The molecule has 1 aliphatic rings. The van der Waals surface area contributed by atoms with E-state index in [1.165, 1.54) is 18.6 Å². The Morgan fingerprint density at radius 1 is 1.12 bits per heavy atom. The number of alkyl halides is 3. The van der Waals surface area contributed by atoms with Crippen LogP contribution in [-0.2, 0) is 21.0 Å². The van der Waals surface area contributed by atoms with E-state index in [4.69, 9.17) is 11.6 Å². The van der Waals surface area contributed by atoms with Crippen LogP contribution in [0.3, 0.4) is 0 Å². The maximum absolute atomic E-state index is 13.3. The monoisotopic (exact) mass is 606 g/mol. The standard InChI is InChI=1S/C27H26ClF3N6O3S/c1-17-4-6-22(7-5-17)41(39,40)37-10-8-23-25(33-16-34-26(23)37)35-20-3-2-9-36(15-20)24(38)14-32-21-12-18(27(29,30)31)11-19(28)13-21/h4-8,10-13,16,20,32H,2-3,9,14-15H2,1H3,(H,33,34,35). The predicted molar refractivity (Wildman–Crippen MR) is 149 cm³/mol. The lowest BCUT2D eigenvalue weighted by Gasteiger charge is -2.33. The van der Waals surface area contributed by atoms with Gasteiger partial charge in [0.2, 0.25) is 5.91 Å². The van der Waals surface area contributed by atoms with E-state index < -0.39 is 21.8 Å². The van der Waals surface area contributed by atoms with Crippen LogP contribution >= 0.6 is 11.6 Å². The first-order valence-electron chi connectivity index (χ1n) is 12.7. The summed E-state index contributed by atoms with van der Waals surface area (Å²) in [5.41, 5.74) is 0.346. The number of amides is 1. The minimum Gasteiger partial charge on any atom is -0.376 e. The van der Waals surface area contributed by atoms with Crippen LogP contribution in [0, 0.1) is 6.92 Å². The highest BCUT2D eigenvalue weighted by Crippen LogP contribution is 2.33. The Morgan fingerprint density at radius 3 is 2.61 bits per heavy atom. The number of rotatable bonds is 7. The number of halogens is 4. The lowest BCUT2D eigenvalue weighted by atomic mass is 10.1. The third kappa shape index (κ3) is 6.25. The molecule has 3 heterocycles. The molecule has 4 aromatic rings. The number of benzene rings is 2. The van der Waals surface area contributed by atoms with Gasteiger partial charge in [-0.2, -0.15) is 13.2 Å². The Morgan fingerprint density at radius 2 is 1.88 bits per heavy atom. The first-order chi connectivity index (χ1) is 19.4. The molecular formula is C27H26ClF3N6O3S. The minimum absolute atomic E-state index is 0.0892. The highest BCUT2D eigenvalue weighted by molar-refractivity contribution is 7.90. The summed E-state index contributed by atoms with van der Waals surface area (Å²) in [6.07, 6.45) is -0.427. The number of aromatic nitrogens is 3. The van der Waals surface area contributed by atoms with Crippen molar-refractivity contribution in [2.45, 2.75) is 36.9 Å². The van der Waals surface area contributed by atoms with Crippen LogP contribution in [0.1, 0.15) is 24.0 Å². The number of anilines is 2. The Hall–Kier alpha value is -3.84. The zero-order valence-electron chi connectivity index (χ0n) is 21.8. The summed E-state index contributed by atoms with van der Waals surface area (Å²) >= 11 is 5.83. The molecule has 0 spiro atoms. The number of piperidine rings is 1. The highest BCUT2D eigenvalue weighted by Gasteiger charge is 2.31. The van der Waals surface area contributed by atoms with Crippen LogP contribution in [0.15, 0.2) is 66.0 Å². The molecule has 1 fully saturated rings. The molecule has 1 saturated heterocycles. The molecule has 2 N–H and O–H groups in total. The van der Waals surface area contributed by atoms with Crippen LogP contribution < -0.4 is 10.6 Å². The van der Waals surface area contributed by atoms with Crippen LogP contribution in [0.4, 0.5) is 24.7 Å². The zero-order chi connectivity index (χ0) is 29.4. The molecule has 0 aliphatic carbocycles. The average Bonchev–Trinajstić information content (AvgIpc) is 3.38. The third-order valence-electron chi connectivity index (χ3n) is 6.81. The second-order valence-corrected chi connectivity index (χ2v) is 12.0. The van der Waals surface area contributed by atoms with Crippen LogP contribution in [0.5, 0.6) is 0 Å². The van der Waals surface area contributed by atoms with Crippen LogP contribution in [0.25, 0.3) is 11.0 Å². The summed E-state index contributed by atoms with van der Waals surface area (Å²) in [5, 5.41) is 6.47. The molecule has 2 aromatic heterocycles. The molecule has 2 aromatic carbocycles. The quantitative estimate of drug-likeness (QED) is 0.299. The average molecular weight is 607 g/mol. The smallest absolute Gasteiger partial charge is 0.376 e. The number of likely N-dealkylation sites (tertiary alicyclic amines) is 1. The lowest BCUT2D eigenvalue weighted by Crippen LogP contribution is -2.47. The fourth-order valence-electron chi connectivity index (χ4n) is 4.72. The Kier molecular flexibility index (Phi) is 7.84. The van der Waals surface area contributed by atoms with E-state index >= 15 is 0 Å². The van der Waals surface area contributed by atoms with Gasteiger partial charge in [-0.15, -0.1) is 0 Å². The van der Waals surface area contributed by atoms with Gasteiger partial charge in [0.25, 0.3) is 10.0 Å². The normalized spacial score (nSPS) is 16.1. The molecule has 1 unspecified atom stereocenters. The highest BCUT2D eigenvalue weighted by atomic mass is 35.5. The van der Waals surface area contributed by atoms with Gasteiger partial charge in [-0.05, 0) is 56.2 Å². The molecule has 1 atom stereocenters. The van der Waals surface area contributed by atoms with Crippen molar-refractivity contribution in [1.29, 1.82) is 0 Å². The predicted octanol–water partition coefficient (Wildman–Crippen LogP) is 5.16. The fourth-order valence-corrected chi connectivity index (χ4v) is 6.26. The van der Waals surface area contributed by atoms with Gasteiger partial charge >= 0.3 is 6.18 Å². The number of aryl methyl sites for hydroxylation is 1. The summed E-state index contributed by atoms with van der Waals surface area (Å²) in [4.78, 5) is 23.2. The number of hydrogen-bond donors (Lipinski definition) is 2. The van der Waals surface area contributed by atoms with Gasteiger partial charge in [-0.1, -0.05) is 29.3 Å². The van der Waals surface area contributed by atoms with Crippen molar-refractivity contribution in [3.05, 3.63) is 77.2 Å². The molecule has 1 aliphatic heterocycles. The third-order valence-corrected chi connectivity index (χ3v) is 8.71. The van der Waals surface area contributed by atoms with E-state index in [9.17, 15) is 26.4 Å².